The molecular formula is C37H74N2. The van der Waals surface area contributed by atoms with Crippen molar-refractivity contribution < 1.29 is 0 Å². The Morgan fingerprint density at radius 1 is 0.333 bits per heavy atom. The molecule has 0 saturated heterocycles. The lowest BCUT2D eigenvalue weighted by molar-refractivity contribution is 0.135. The maximum absolute atomic E-state index is 2.69. The van der Waals surface area contributed by atoms with Crippen LogP contribution in [0.5, 0.6) is 0 Å². The third-order valence-electron chi connectivity index (χ3n) is 9.07. The van der Waals surface area contributed by atoms with Gasteiger partial charge in [-0.05, 0) is 25.7 Å². The third-order valence-corrected chi connectivity index (χ3v) is 9.07. The lowest BCUT2D eigenvalue weighted by atomic mass is 10.0. The summed E-state index contributed by atoms with van der Waals surface area (Å²) in [5.74, 6) is 0. The number of hydrogen-bond donors (Lipinski definition) is 0. The van der Waals surface area contributed by atoms with E-state index in [-0.39, 0.29) is 0 Å². The van der Waals surface area contributed by atoms with Crippen molar-refractivity contribution in [3.63, 3.8) is 0 Å². The molecule has 39 heavy (non-hydrogen) atoms. The van der Waals surface area contributed by atoms with E-state index in [4.69, 9.17) is 0 Å². The zero-order valence-electron chi connectivity index (χ0n) is 27.5. The molecule has 232 valence electrons. The van der Waals surface area contributed by atoms with Crippen molar-refractivity contribution in [3.05, 3.63) is 12.4 Å². The Labute approximate surface area is 248 Å². The molecule has 0 aromatic heterocycles. The molecule has 0 aliphatic carbocycles. The van der Waals surface area contributed by atoms with Crippen molar-refractivity contribution in [1.29, 1.82) is 0 Å². The van der Waals surface area contributed by atoms with Crippen LogP contribution in [0.15, 0.2) is 12.4 Å². The van der Waals surface area contributed by atoms with Gasteiger partial charge in [-0.15, -0.1) is 0 Å². The smallest absolute Gasteiger partial charge is 0.101 e. The third kappa shape index (κ3) is 21.7. The first kappa shape index (κ1) is 36.4. The summed E-state index contributed by atoms with van der Waals surface area (Å²) in [6.07, 6.45) is 47.0. The normalized spacial score (nSPS) is 15.2. The summed E-state index contributed by atoms with van der Waals surface area (Å²) >= 11 is 0. The predicted octanol–water partition coefficient (Wildman–Crippen LogP) is 12.8. The Morgan fingerprint density at radius 3 is 0.897 bits per heavy atom. The fraction of sp³-hybridized carbons (Fsp3) is 0.946. The molecule has 0 saturated carbocycles. The molecule has 0 spiro atoms. The van der Waals surface area contributed by atoms with E-state index < -0.39 is 0 Å². The lowest BCUT2D eigenvalue weighted by Gasteiger charge is -2.33. The predicted molar refractivity (Wildman–Crippen MR) is 177 cm³/mol. The standard InChI is InChI=1S/C37H74N2/c1-4-7-10-12-14-16-17-18-19-20-21-22-24-26-28-31-34-39-36-35-38(37(39)32-29-9-6-3)33-30-27-25-23-15-13-11-8-5-2/h35-37H,4-34H2,1-3H3. The van der Waals surface area contributed by atoms with Gasteiger partial charge in [0.25, 0.3) is 0 Å². The van der Waals surface area contributed by atoms with Crippen molar-refractivity contribution in [2.45, 2.75) is 213 Å². The molecule has 2 nitrogen and oxygen atoms in total. The Bertz CT molecular complexity index is 502. The average Bonchev–Trinajstić information content (AvgIpc) is 3.33. The van der Waals surface area contributed by atoms with Gasteiger partial charge in [-0.25, -0.2) is 0 Å². The largest absolute Gasteiger partial charge is 0.356 e. The average molecular weight is 547 g/mol. The van der Waals surface area contributed by atoms with Crippen LogP contribution in [-0.2, 0) is 0 Å². The topological polar surface area (TPSA) is 6.48 Å². The molecule has 1 rings (SSSR count). The molecule has 1 aliphatic heterocycles. The summed E-state index contributed by atoms with van der Waals surface area (Å²) in [6, 6.07) is 0. The number of hydrogen-bond acceptors (Lipinski definition) is 2. The zero-order valence-corrected chi connectivity index (χ0v) is 27.5. The summed E-state index contributed by atoms with van der Waals surface area (Å²) < 4.78 is 0. The molecular weight excluding hydrogens is 472 g/mol. The minimum Gasteiger partial charge on any atom is -0.356 e. The highest BCUT2D eigenvalue weighted by molar-refractivity contribution is 4.97. The van der Waals surface area contributed by atoms with Crippen LogP contribution in [0.3, 0.4) is 0 Å². The van der Waals surface area contributed by atoms with Gasteiger partial charge in [0, 0.05) is 25.5 Å². The van der Waals surface area contributed by atoms with E-state index in [9.17, 15) is 0 Å². The van der Waals surface area contributed by atoms with Crippen LogP contribution in [0.4, 0.5) is 0 Å². The van der Waals surface area contributed by atoms with Crippen LogP contribution < -0.4 is 0 Å². The van der Waals surface area contributed by atoms with Crippen LogP contribution in [0, 0.1) is 0 Å². The SMILES string of the molecule is CCCCCCCCCCCCCCCCCCN1C=CN(CCCCCCCCCCC)C1CCCCC. The van der Waals surface area contributed by atoms with E-state index in [0.717, 1.165) is 0 Å². The van der Waals surface area contributed by atoms with Crippen LogP contribution in [-0.4, -0.2) is 29.1 Å². The summed E-state index contributed by atoms with van der Waals surface area (Å²) in [6.45, 7) is 9.48. The number of rotatable bonds is 31. The Hall–Kier alpha value is -0.660. The molecule has 0 bridgehead atoms. The molecule has 0 N–H and O–H groups in total. The van der Waals surface area contributed by atoms with Crippen molar-refractivity contribution in [2.24, 2.45) is 0 Å². The number of unbranched alkanes of at least 4 members (excludes halogenated alkanes) is 25. The molecule has 1 atom stereocenters. The number of nitrogens with zero attached hydrogens (tertiary/aromatic N) is 2. The van der Waals surface area contributed by atoms with Gasteiger partial charge in [0.15, 0.2) is 0 Å². The first-order chi connectivity index (χ1) is 19.3. The molecule has 2 heteroatoms. The summed E-state index contributed by atoms with van der Waals surface area (Å²) in [5.41, 5.74) is 0. The molecule has 0 aromatic carbocycles. The van der Waals surface area contributed by atoms with Gasteiger partial charge in [0.2, 0.25) is 0 Å². The van der Waals surface area contributed by atoms with Gasteiger partial charge in [-0.2, -0.15) is 0 Å². The molecule has 1 unspecified atom stereocenters. The second-order valence-electron chi connectivity index (χ2n) is 12.9. The molecule has 0 amide bonds. The van der Waals surface area contributed by atoms with Crippen molar-refractivity contribution >= 4 is 0 Å². The van der Waals surface area contributed by atoms with E-state index in [1.807, 2.05) is 0 Å². The van der Waals surface area contributed by atoms with Crippen LogP contribution >= 0.6 is 0 Å². The summed E-state index contributed by atoms with van der Waals surface area (Å²) in [7, 11) is 0. The summed E-state index contributed by atoms with van der Waals surface area (Å²) in [4.78, 5) is 5.37. The first-order valence-corrected chi connectivity index (χ1v) is 18.5. The van der Waals surface area contributed by atoms with Gasteiger partial charge in [-0.3, -0.25) is 0 Å². The Kier molecular flexibility index (Phi) is 26.9. The highest BCUT2D eigenvalue weighted by Gasteiger charge is 2.24. The fourth-order valence-corrected chi connectivity index (χ4v) is 6.36. The highest BCUT2D eigenvalue weighted by Crippen LogP contribution is 2.23. The van der Waals surface area contributed by atoms with Crippen molar-refractivity contribution in [2.75, 3.05) is 13.1 Å². The van der Waals surface area contributed by atoms with E-state index in [2.05, 4.69) is 43.0 Å². The van der Waals surface area contributed by atoms with Gasteiger partial charge < -0.3 is 9.80 Å². The van der Waals surface area contributed by atoms with E-state index in [1.54, 1.807) is 0 Å². The van der Waals surface area contributed by atoms with Crippen LogP contribution in [0.25, 0.3) is 0 Å². The van der Waals surface area contributed by atoms with Crippen LogP contribution in [0.2, 0.25) is 0 Å². The summed E-state index contributed by atoms with van der Waals surface area (Å²) in [5, 5.41) is 0. The quantitative estimate of drug-likeness (QED) is 0.0798. The van der Waals surface area contributed by atoms with Gasteiger partial charge in [0.05, 0.1) is 0 Å². The zero-order chi connectivity index (χ0) is 28.1. The van der Waals surface area contributed by atoms with E-state index in [0.29, 0.717) is 6.17 Å². The monoisotopic (exact) mass is 547 g/mol. The second kappa shape index (κ2) is 28.9. The lowest BCUT2D eigenvalue weighted by Crippen LogP contribution is -2.39. The minimum atomic E-state index is 0.641. The Morgan fingerprint density at radius 2 is 0.590 bits per heavy atom. The molecule has 1 aliphatic rings. The van der Waals surface area contributed by atoms with Crippen molar-refractivity contribution in [3.8, 4) is 0 Å². The minimum absolute atomic E-state index is 0.641. The fourth-order valence-electron chi connectivity index (χ4n) is 6.36. The molecule has 0 radical (unpaired) electrons. The van der Waals surface area contributed by atoms with E-state index >= 15 is 0 Å². The van der Waals surface area contributed by atoms with Crippen LogP contribution in [0.1, 0.15) is 207 Å². The van der Waals surface area contributed by atoms with Crippen molar-refractivity contribution in [1.82, 2.24) is 9.80 Å². The Balaban J connectivity index is 2.04. The molecule has 1 heterocycles. The maximum Gasteiger partial charge on any atom is 0.101 e. The van der Waals surface area contributed by atoms with E-state index in [1.165, 1.54) is 199 Å². The molecule has 0 fully saturated rings. The van der Waals surface area contributed by atoms with Gasteiger partial charge in [0.1, 0.15) is 6.17 Å². The maximum atomic E-state index is 2.69. The van der Waals surface area contributed by atoms with Gasteiger partial charge >= 0.3 is 0 Å². The second-order valence-corrected chi connectivity index (χ2v) is 12.9. The van der Waals surface area contributed by atoms with Gasteiger partial charge in [-0.1, -0.05) is 181 Å². The molecule has 0 aromatic rings. The first-order valence-electron chi connectivity index (χ1n) is 18.5. The highest BCUT2D eigenvalue weighted by atomic mass is 15.4.